The van der Waals surface area contributed by atoms with Gasteiger partial charge in [-0.15, -0.1) is 0 Å². The Labute approximate surface area is 133 Å². The highest BCUT2D eigenvalue weighted by molar-refractivity contribution is 5.91. The predicted octanol–water partition coefficient (Wildman–Crippen LogP) is 2.87. The van der Waals surface area contributed by atoms with Crippen LogP contribution in [-0.2, 0) is 9.53 Å². The van der Waals surface area contributed by atoms with E-state index < -0.39 is 19.2 Å². The van der Waals surface area contributed by atoms with Crippen molar-refractivity contribution in [1.29, 1.82) is 0 Å². The van der Waals surface area contributed by atoms with E-state index in [9.17, 15) is 18.4 Å². The van der Waals surface area contributed by atoms with Gasteiger partial charge in [0, 0.05) is 13.1 Å². The fourth-order valence-electron chi connectivity index (χ4n) is 1.80. The van der Waals surface area contributed by atoms with Crippen LogP contribution >= 0.6 is 0 Å². The molecular formula is C16H19F2NO4. The fraction of sp³-hybridized carbons (Fsp3) is 0.375. The molecule has 0 heterocycles. The van der Waals surface area contributed by atoms with E-state index in [4.69, 9.17) is 4.74 Å². The number of halogens is 2. The van der Waals surface area contributed by atoms with Crippen LogP contribution in [0.5, 0.6) is 5.75 Å². The van der Waals surface area contributed by atoms with Gasteiger partial charge >= 0.3 is 12.6 Å². The second-order valence-corrected chi connectivity index (χ2v) is 4.85. The Morgan fingerprint density at radius 2 is 2.04 bits per heavy atom. The summed E-state index contributed by atoms with van der Waals surface area (Å²) in [5, 5.41) is 0. The van der Waals surface area contributed by atoms with Crippen molar-refractivity contribution < 1.29 is 27.8 Å². The summed E-state index contributed by atoms with van der Waals surface area (Å²) in [5.41, 5.74) is 0.835. The van der Waals surface area contributed by atoms with Crippen molar-refractivity contribution >= 4 is 11.9 Å². The molecule has 0 radical (unpaired) electrons. The molecule has 0 aliphatic carbocycles. The van der Waals surface area contributed by atoms with Gasteiger partial charge in [-0.2, -0.15) is 8.78 Å². The van der Waals surface area contributed by atoms with Crippen LogP contribution in [0.15, 0.2) is 36.4 Å². The van der Waals surface area contributed by atoms with Gasteiger partial charge in [-0.3, -0.25) is 4.79 Å². The van der Waals surface area contributed by atoms with Gasteiger partial charge in [0.25, 0.3) is 5.91 Å². The topological polar surface area (TPSA) is 55.8 Å². The lowest BCUT2D eigenvalue weighted by atomic mass is 10.2. The highest BCUT2D eigenvalue weighted by Crippen LogP contribution is 2.16. The number of benzene rings is 1. The maximum Gasteiger partial charge on any atom is 0.387 e. The average Bonchev–Trinajstić information content (AvgIpc) is 2.49. The molecule has 7 heteroatoms. The fourth-order valence-corrected chi connectivity index (χ4v) is 1.80. The largest absolute Gasteiger partial charge is 0.452 e. The summed E-state index contributed by atoms with van der Waals surface area (Å²) >= 11 is 0. The second kappa shape index (κ2) is 8.87. The van der Waals surface area contributed by atoms with Gasteiger partial charge in [0.1, 0.15) is 5.75 Å². The highest BCUT2D eigenvalue weighted by atomic mass is 19.3. The minimum Gasteiger partial charge on any atom is -0.452 e. The SMILES string of the molecule is C=C(C)CN(CC)C(=O)COC(=O)c1cccc(OC(F)F)c1. The van der Waals surface area contributed by atoms with Crippen LogP contribution in [0.4, 0.5) is 8.78 Å². The smallest absolute Gasteiger partial charge is 0.387 e. The lowest BCUT2D eigenvalue weighted by Gasteiger charge is -2.20. The number of amides is 1. The van der Waals surface area contributed by atoms with E-state index in [1.807, 2.05) is 0 Å². The molecule has 0 atom stereocenters. The van der Waals surface area contributed by atoms with Gasteiger partial charge in [0.05, 0.1) is 5.56 Å². The van der Waals surface area contributed by atoms with E-state index in [-0.39, 0.29) is 17.2 Å². The van der Waals surface area contributed by atoms with Crippen LogP contribution in [0.3, 0.4) is 0 Å². The molecule has 1 amide bonds. The lowest BCUT2D eigenvalue weighted by molar-refractivity contribution is -0.133. The summed E-state index contributed by atoms with van der Waals surface area (Å²) in [6.07, 6.45) is 0. The Morgan fingerprint density at radius 3 is 2.61 bits per heavy atom. The third-order valence-electron chi connectivity index (χ3n) is 2.82. The molecule has 0 aliphatic heterocycles. The summed E-state index contributed by atoms with van der Waals surface area (Å²) in [6, 6.07) is 5.19. The molecule has 0 N–H and O–H groups in total. The van der Waals surface area contributed by atoms with Crippen LogP contribution in [0.2, 0.25) is 0 Å². The van der Waals surface area contributed by atoms with E-state index in [1.54, 1.807) is 13.8 Å². The Hall–Kier alpha value is -2.44. The molecule has 1 rings (SSSR count). The zero-order chi connectivity index (χ0) is 17.4. The number of likely N-dealkylation sites (N-methyl/N-ethyl adjacent to an activating group) is 1. The number of rotatable bonds is 8. The molecule has 0 saturated carbocycles. The number of carbonyl (C=O) groups is 2. The van der Waals surface area contributed by atoms with Gasteiger partial charge in [-0.1, -0.05) is 18.2 Å². The van der Waals surface area contributed by atoms with Crippen LogP contribution < -0.4 is 4.74 Å². The molecule has 1 aromatic rings. The van der Waals surface area contributed by atoms with Crippen LogP contribution in [0.25, 0.3) is 0 Å². The molecule has 0 aromatic heterocycles. The zero-order valence-corrected chi connectivity index (χ0v) is 13.1. The van der Waals surface area contributed by atoms with Crippen molar-refractivity contribution in [3.05, 3.63) is 42.0 Å². The van der Waals surface area contributed by atoms with Crippen molar-refractivity contribution in [2.24, 2.45) is 0 Å². The minimum absolute atomic E-state index is 0.0268. The molecular weight excluding hydrogens is 308 g/mol. The zero-order valence-electron chi connectivity index (χ0n) is 13.1. The summed E-state index contributed by atoms with van der Waals surface area (Å²) in [6.45, 7) is 4.74. The Bertz CT molecular complexity index is 575. The highest BCUT2D eigenvalue weighted by Gasteiger charge is 2.16. The number of ether oxygens (including phenoxy) is 2. The number of carbonyl (C=O) groups excluding carboxylic acids is 2. The summed E-state index contributed by atoms with van der Waals surface area (Å²) in [5.74, 6) is -1.30. The number of nitrogens with zero attached hydrogens (tertiary/aromatic N) is 1. The molecule has 126 valence electrons. The summed E-state index contributed by atoms with van der Waals surface area (Å²) in [7, 11) is 0. The molecule has 0 fully saturated rings. The predicted molar refractivity (Wildman–Crippen MR) is 80.4 cm³/mol. The van der Waals surface area contributed by atoms with Crippen molar-refractivity contribution in [2.75, 3.05) is 19.7 Å². The maximum absolute atomic E-state index is 12.1. The monoisotopic (exact) mass is 327 g/mol. The second-order valence-electron chi connectivity index (χ2n) is 4.85. The van der Waals surface area contributed by atoms with E-state index in [2.05, 4.69) is 11.3 Å². The number of esters is 1. The summed E-state index contributed by atoms with van der Waals surface area (Å²) < 4.78 is 33.4. The standard InChI is InChI=1S/C16H19F2NO4/c1-4-19(9-11(2)3)14(20)10-22-15(21)12-6-5-7-13(8-12)23-16(17)18/h5-8,16H,2,4,9-10H2,1,3H3. The Balaban J connectivity index is 2.62. The van der Waals surface area contributed by atoms with E-state index in [0.29, 0.717) is 13.1 Å². The van der Waals surface area contributed by atoms with Gasteiger partial charge in [0.15, 0.2) is 6.61 Å². The minimum atomic E-state index is -2.98. The summed E-state index contributed by atoms with van der Waals surface area (Å²) in [4.78, 5) is 25.3. The Morgan fingerprint density at radius 1 is 1.35 bits per heavy atom. The molecule has 0 unspecified atom stereocenters. The van der Waals surface area contributed by atoms with Gasteiger partial charge in [0.2, 0.25) is 0 Å². The van der Waals surface area contributed by atoms with Crippen molar-refractivity contribution in [2.45, 2.75) is 20.5 Å². The van der Waals surface area contributed by atoms with Gasteiger partial charge in [-0.25, -0.2) is 4.79 Å². The van der Waals surface area contributed by atoms with Crippen molar-refractivity contribution in [3.8, 4) is 5.75 Å². The van der Waals surface area contributed by atoms with E-state index in [1.165, 1.54) is 23.1 Å². The first kappa shape index (κ1) is 18.6. The van der Waals surface area contributed by atoms with Crippen LogP contribution in [0, 0.1) is 0 Å². The molecule has 0 bridgehead atoms. The number of hydrogen-bond donors (Lipinski definition) is 0. The van der Waals surface area contributed by atoms with Gasteiger partial charge in [-0.05, 0) is 32.0 Å². The van der Waals surface area contributed by atoms with Gasteiger partial charge < -0.3 is 14.4 Å². The molecule has 0 saturated heterocycles. The van der Waals surface area contributed by atoms with Crippen LogP contribution in [-0.4, -0.2) is 43.1 Å². The maximum atomic E-state index is 12.1. The first-order valence-electron chi connectivity index (χ1n) is 6.97. The molecule has 0 aliphatic rings. The van der Waals surface area contributed by atoms with Crippen molar-refractivity contribution in [1.82, 2.24) is 4.90 Å². The lowest BCUT2D eigenvalue weighted by Crippen LogP contribution is -2.35. The third-order valence-corrected chi connectivity index (χ3v) is 2.82. The average molecular weight is 327 g/mol. The molecule has 5 nitrogen and oxygen atoms in total. The Kier molecular flexibility index (Phi) is 7.18. The molecule has 1 aromatic carbocycles. The van der Waals surface area contributed by atoms with E-state index >= 15 is 0 Å². The van der Waals surface area contributed by atoms with Crippen LogP contribution in [0.1, 0.15) is 24.2 Å². The molecule has 23 heavy (non-hydrogen) atoms. The number of hydrogen-bond acceptors (Lipinski definition) is 4. The first-order valence-corrected chi connectivity index (χ1v) is 6.97. The normalized spacial score (nSPS) is 10.3. The molecule has 0 spiro atoms. The number of alkyl halides is 2. The van der Waals surface area contributed by atoms with Crippen molar-refractivity contribution in [3.63, 3.8) is 0 Å². The first-order chi connectivity index (χ1) is 10.8. The van der Waals surface area contributed by atoms with E-state index in [0.717, 1.165) is 11.6 Å². The quantitative estimate of drug-likeness (QED) is 0.544. The third kappa shape index (κ3) is 6.46.